The molecule has 152 valence electrons. The van der Waals surface area contributed by atoms with Gasteiger partial charge in [-0.15, -0.1) is 5.10 Å². The van der Waals surface area contributed by atoms with E-state index in [0.717, 1.165) is 23.8 Å². The van der Waals surface area contributed by atoms with Crippen molar-refractivity contribution in [2.24, 2.45) is 0 Å². The molecule has 7 nitrogen and oxygen atoms in total. The van der Waals surface area contributed by atoms with Crippen LogP contribution in [-0.2, 0) is 15.8 Å². The van der Waals surface area contributed by atoms with Gasteiger partial charge in [0.2, 0.25) is 0 Å². The molecule has 0 atom stereocenters. The summed E-state index contributed by atoms with van der Waals surface area (Å²) in [7, 11) is 0. The average molecular weight is 405 g/mol. The summed E-state index contributed by atoms with van der Waals surface area (Å²) in [5.41, 5.74) is 3.26. The lowest BCUT2D eigenvalue weighted by Gasteiger charge is -2.24. The van der Waals surface area contributed by atoms with Gasteiger partial charge in [0.05, 0.1) is 5.56 Å². The summed E-state index contributed by atoms with van der Waals surface area (Å²) < 4.78 is 40.2. The first-order chi connectivity index (χ1) is 13.6. The van der Waals surface area contributed by atoms with Gasteiger partial charge < -0.3 is 0 Å². The van der Waals surface area contributed by atoms with Gasteiger partial charge in [0.15, 0.2) is 5.82 Å². The molecule has 0 fully saturated rings. The largest absolute Gasteiger partial charge is 0.416 e. The monoisotopic (exact) mass is 405 g/mol. The number of hydrogen-bond donors (Lipinski definition) is 1. The van der Waals surface area contributed by atoms with Crippen molar-refractivity contribution in [2.75, 3.05) is 6.54 Å². The summed E-state index contributed by atoms with van der Waals surface area (Å²) in [5.74, 6) is -0.757. The standard InChI is InChI=1S/C19H18F3N5O2/c1-12-3-6-27(17(29)9-12)24-16(28)4-5-26-11-23-18(25-26)14-7-13(2)8-15(10-14)19(20,21)22/h4-5,7-11H,3,6H2,1-2H3,(H,24,28)/b5-4-. The second-order valence-corrected chi connectivity index (χ2v) is 6.66. The number of benzene rings is 1. The van der Waals surface area contributed by atoms with Crippen LogP contribution in [0.3, 0.4) is 0 Å². The first kappa shape index (κ1) is 20.3. The van der Waals surface area contributed by atoms with Crippen LogP contribution in [0.15, 0.2) is 42.3 Å². The quantitative estimate of drug-likeness (QED) is 0.794. The van der Waals surface area contributed by atoms with Crippen LogP contribution in [0.5, 0.6) is 0 Å². The molecule has 0 saturated carbocycles. The molecular weight excluding hydrogens is 387 g/mol. The molecule has 2 heterocycles. The van der Waals surface area contributed by atoms with E-state index in [1.54, 1.807) is 13.0 Å². The molecule has 0 aliphatic carbocycles. The Morgan fingerprint density at radius 3 is 2.69 bits per heavy atom. The number of nitrogens with zero attached hydrogens (tertiary/aromatic N) is 4. The Hall–Kier alpha value is -3.43. The van der Waals surface area contributed by atoms with Gasteiger partial charge in [-0.2, -0.15) is 13.2 Å². The number of hydrazine groups is 1. The number of carbonyl (C=O) groups is 2. The number of hydrogen-bond acceptors (Lipinski definition) is 4. The van der Waals surface area contributed by atoms with E-state index in [4.69, 9.17) is 0 Å². The van der Waals surface area contributed by atoms with Gasteiger partial charge in [0.1, 0.15) is 6.33 Å². The minimum atomic E-state index is -4.47. The highest BCUT2D eigenvalue weighted by atomic mass is 19.4. The van der Waals surface area contributed by atoms with Gasteiger partial charge in [-0.1, -0.05) is 5.57 Å². The summed E-state index contributed by atoms with van der Waals surface area (Å²) in [6.07, 6.45) is 1.36. The molecule has 1 aromatic carbocycles. The predicted molar refractivity (Wildman–Crippen MR) is 98.8 cm³/mol. The molecule has 1 aromatic heterocycles. The maximum Gasteiger partial charge on any atom is 0.416 e. The van der Waals surface area contributed by atoms with Crippen LogP contribution in [0.4, 0.5) is 13.2 Å². The van der Waals surface area contributed by atoms with Crippen molar-refractivity contribution in [1.82, 2.24) is 25.2 Å². The van der Waals surface area contributed by atoms with Crippen molar-refractivity contribution in [3.05, 3.63) is 53.4 Å². The lowest BCUT2D eigenvalue weighted by molar-refractivity contribution is -0.137. The van der Waals surface area contributed by atoms with Crippen molar-refractivity contribution < 1.29 is 22.8 Å². The number of alkyl halides is 3. The van der Waals surface area contributed by atoms with Crippen molar-refractivity contribution in [3.63, 3.8) is 0 Å². The third kappa shape index (κ3) is 5.09. The zero-order chi connectivity index (χ0) is 21.2. The topological polar surface area (TPSA) is 80.1 Å². The number of rotatable bonds is 4. The molecule has 0 spiro atoms. The van der Waals surface area contributed by atoms with Crippen LogP contribution in [0.2, 0.25) is 0 Å². The third-order valence-electron chi connectivity index (χ3n) is 4.16. The molecule has 1 N–H and O–H groups in total. The van der Waals surface area contributed by atoms with E-state index in [9.17, 15) is 22.8 Å². The van der Waals surface area contributed by atoms with E-state index in [-0.39, 0.29) is 17.3 Å². The number of aromatic nitrogens is 3. The molecule has 0 radical (unpaired) electrons. The Morgan fingerprint density at radius 2 is 2.00 bits per heavy atom. The van der Waals surface area contributed by atoms with Gasteiger partial charge in [-0.3, -0.25) is 15.0 Å². The van der Waals surface area contributed by atoms with Gasteiger partial charge >= 0.3 is 6.18 Å². The molecule has 2 aromatic rings. The van der Waals surface area contributed by atoms with Crippen LogP contribution in [0.1, 0.15) is 24.5 Å². The highest BCUT2D eigenvalue weighted by molar-refractivity contribution is 5.94. The number of aryl methyl sites for hydroxylation is 1. The zero-order valence-corrected chi connectivity index (χ0v) is 15.7. The number of halogens is 3. The molecule has 0 unspecified atom stereocenters. The Kier molecular flexibility index (Phi) is 5.53. The lowest BCUT2D eigenvalue weighted by Crippen LogP contribution is -2.47. The normalized spacial score (nSPS) is 15.0. The average Bonchev–Trinajstić information content (AvgIpc) is 3.10. The van der Waals surface area contributed by atoms with Crippen molar-refractivity contribution in [1.29, 1.82) is 0 Å². The number of carbonyl (C=O) groups excluding carboxylic acids is 2. The van der Waals surface area contributed by atoms with Crippen LogP contribution in [0, 0.1) is 6.92 Å². The minimum Gasteiger partial charge on any atom is -0.268 e. The zero-order valence-electron chi connectivity index (χ0n) is 15.7. The summed E-state index contributed by atoms with van der Waals surface area (Å²) >= 11 is 0. The first-order valence-electron chi connectivity index (χ1n) is 8.70. The summed E-state index contributed by atoms with van der Waals surface area (Å²) in [5, 5.41) is 5.28. The van der Waals surface area contributed by atoms with Crippen molar-refractivity contribution in [3.8, 4) is 11.4 Å². The maximum absolute atomic E-state index is 13.0. The van der Waals surface area contributed by atoms with E-state index >= 15 is 0 Å². The Bertz CT molecular complexity index is 1010. The Labute approximate surface area is 164 Å². The second-order valence-electron chi connectivity index (χ2n) is 6.66. The highest BCUT2D eigenvalue weighted by Crippen LogP contribution is 2.32. The maximum atomic E-state index is 13.0. The fourth-order valence-corrected chi connectivity index (χ4v) is 2.74. The third-order valence-corrected chi connectivity index (χ3v) is 4.16. The van der Waals surface area contributed by atoms with Gasteiger partial charge in [0.25, 0.3) is 11.8 Å². The van der Waals surface area contributed by atoms with Gasteiger partial charge in [-0.05, 0) is 44.0 Å². The van der Waals surface area contributed by atoms with E-state index in [0.29, 0.717) is 18.5 Å². The van der Waals surface area contributed by atoms with E-state index < -0.39 is 17.6 Å². The van der Waals surface area contributed by atoms with Gasteiger partial charge in [-0.25, -0.2) is 14.7 Å². The summed E-state index contributed by atoms with van der Waals surface area (Å²) in [6, 6.07) is 3.56. The molecule has 1 aliphatic heterocycles. The van der Waals surface area contributed by atoms with E-state index in [1.807, 2.05) is 6.92 Å². The molecule has 3 rings (SSSR count). The number of amides is 2. The summed E-state index contributed by atoms with van der Waals surface area (Å²) in [4.78, 5) is 27.8. The van der Waals surface area contributed by atoms with E-state index in [2.05, 4.69) is 15.5 Å². The fraction of sp³-hybridized carbons (Fsp3) is 0.263. The molecule has 10 heteroatoms. The minimum absolute atomic E-state index is 0.0936. The SMILES string of the molecule is CC1=CC(=O)N(NC(=O)/C=C\n2cnc(-c3cc(C)cc(C(F)(F)F)c3)n2)CC1. The molecule has 0 bridgehead atoms. The molecule has 2 amide bonds. The summed E-state index contributed by atoms with van der Waals surface area (Å²) in [6.45, 7) is 3.77. The molecule has 29 heavy (non-hydrogen) atoms. The fourth-order valence-electron chi connectivity index (χ4n) is 2.74. The Balaban J connectivity index is 1.70. The predicted octanol–water partition coefficient (Wildman–Crippen LogP) is 2.95. The lowest BCUT2D eigenvalue weighted by atomic mass is 10.1. The van der Waals surface area contributed by atoms with E-state index in [1.165, 1.54) is 28.3 Å². The van der Waals surface area contributed by atoms with Crippen molar-refractivity contribution in [2.45, 2.75) is 26.4 Å². The van der Waals surface area contributed by atoms with Crippen LogP contribution in [0.25, 0.3) is 17.6 Å². The molecular formula is C19H18F3N5O2. The van der Waals surface area contributed by atoms with Crippen LogP contribution < -0.4 is 5.43 Å². The van der Waals surface area contributed by atoms with Crippen molar-refractivity contribution >= 4 is 18.0 Å². The van der Waals surface area contributed by atoms with Gasteiger partial charge in [0, 0.05) is 30.5 Å². The molecule has 0 saturated heterocycles. The molecule has 1 aliphatic rings. The number of nitrogens with one attached hydrogen (secondary N) is 1. The first-order valence-corrected chi connectivity index (χ1v) is 8.70. The highest BCUT2D eigenvalue weighted by Gasteiger charge is 2.31. The Morgan fingerprint density at radius 1 is 1.24 bits per heavy atom. The van der Waals surface area contributed by atoms with Crippen LogP contribution >= 0.6 is 0 Å². The van der Waals surface area contributed by atoms with Crippen LogP contribution in [-0.4, -0.2) is 38.1 Å². The smallest absolute Gasteiger partial charge is 0.268 e. The second kappa shape index (κ2) is 7.90.